The van der Waals surface area contributed by atoms with Crippen molar-refractivity contribution in [1.29, 1.82) is 0 Å². The van der Waals surface area contributed by atoms with E-state index in [-0.39, 0.29) is 5.04 Å². The van der Waals surface area contributed by atoms with E-state index in [0.717, 1.165) is 26.2 Å². The van der Waals surface area contributed by atoms with Gasteiger partial charge in [-0.25, -0.2) is 0 Å². The van der Waals surface area contributed by atoms with Gasteiger partial charge in [0.25, 0.3) is 0 Å². The van der Waals surface area contributed by atoms with Gasteiger partial charge in [0.1, 0.15) is 0 Å². The van der Waals surface area contributed by atoms with Gasteiger partial charge in [-0.3, -0.25) is 4.90 Å². The van der Waals surface area contributed by atoms with E-state index in [0.29, 0.717) is 12.1 Å². The van der Waals surface area contributed by atoms with E-state index >= 15 is 0 Å². The zero-order valence-electron chi connectivity index (χ0n) is 20.9. The molecule has 1 saturated carbocycles. The molecule has 1 N–H and O–H groups in total. The predicted octanol–water partition coefficient (Wildman–Crippen LogP) is 6.61. The van der Waals surface area contributed by atoms with Crippen LogP contribution in [0.15, 0.2) is 60.7 Å². The zero-order valence-corrected chi connectivity index (χ0v) is 21.9. The molecular weight excluding hydrogens is 408 g/mol. The van der Waals surface area contributed by atoms with Gasteiger partial charge in [-0.1, -0.05) is 81.4 Å². The lowest BCUT2D eigenvalue weighted by molar-refractivity contribution is 0.127. The van der Waals surface area contributed by atoms with E-state index in [2.05, 4.69) is 105 Å². The number of benzene rings is 2. The van der Waals surface area contributed by atoms with Crippen molar-refractivity contribution in [3.8, 4) is 0 Å². The average molecular weight is 453 g/mol. The number of hydrogen-bond donors (Lipinski definition) is 1. The van der Waals surface area contributed by atoms with Crippen LogP contribution in [-0.4, -0.2) is 38.5 Å². The Labute approximate surface area is 197 Å². The fraction of sp³-hybridized carbons (Fsp3) is 0.571. The Kier molecular flexibility index (Phi) is 9.12. The summed E-state index contributed by atoms with van der Waals surface area (Å²) in [4.78, 5) is 2.70. The van der Waals surface area contributed by atoms with Crippen LogP contribution in [-0.2, 0) is 17.5 Å². The van der Waals surface area contributed by atoms with Crippen LogP contribution in [0.25, 0.3) is 0 Å². The summed E-state index contributed by atoms with van der Waals surface area (Å²) in [7, 11) is -1.64. The smallest absolute Gasteiger partial charge is 0.192 e. The topological polar surface area (TPSA) is 24.5 Å². The maximum atomic E-state index is 6.35. The van der Waals surface area contributed by atoms with E-state index < -0.39 is 8.32 Å². The van der Waals surface area contributed by atoms with Crippen LogP contribution in [0.2, 0.25) is 18.1 Å². The molecule has 0 unspecified atom stereocenters. The molecule has 0 heterocycles. The van der Waals surface area contributed by atoms with Gasteiger partial charge in [0.15, 0.2) is 8.32 Å². The molecule has 32 heavy (non-hydrogen) atoms. The van der Waals surface area contributed by atoms with Gasteiger partial charge in [-0.05, 0) is 54.9 Å². The fourth-order valence-electron chi connectivity index (χ4n) is 4.38. The quantitative estimate of drug-likeness (QED) is 0.324. The monoisotopic (exact) mass is 452 g/mol. The minimum atomic E-state index is -1.64. The standard InChI is InChI=1S/C28H44N2OSi/c1-28(2,3)32(4,5)31-21-20-29-26-16-18-27(19-17-26)30(22-24-12-8-6-9-13-24)23-25-14-10-7-11-15-25/h6-15,26-27,29H,16-23H2,1-5H3. The Hall–Kier alpha value is -1.46. The van der Waals surface area contributed by atoms with Crippen molar-refractivity contribution in [2.45, 2.75) is 89.8 Å². The summed E-state index contributed by atoms with van der Waals surface area (Å²) in [5.74, 6) is 0. The van der Waals surface area contributed by atoms with E-state index in [4.69, 9.17) is 4.43 Å². The van der Waals surface area contributed by atoms with Gasteiger partial charge < -0.3 is 9.74 Å². The molecular formula is C28H44N2OSi. The highest BCUT2D eigenvalue weighted by atomic mass is 28.4. The van der Waals surface area contributed by atoms with Crippen LogP contribution in [0.3, 0.4) is 0 Å². The van der Waals surface area contributed by atoms with Crippen LogP contribution in [0.4, 0.5) is 0 Å². The van der Waals surface area contributed by atoms with Crippen LogP contribution < -0.4 is 5.32 Å². The molecule has 0 amide bonds. The van der Waals surface area contributed by atoms with Crippen molar-refractivity contribution in [2.24, 2.45) is 0 Å². The summed E-state index contributed by atoms with van der Waals surface area (Å²) >= 11 is 0. The lowest BCUT2D eigenvalue weighted by Gasteiger charge is -2.38. The van der Waals surface area contributed by atoms with E-state index in [1.165, 1.54) is 36.8 Å². The lowest BCUT2D eigenvalue weighted by Crippen LogP contribution is -2.45. The third-order valence-electron chi connectivity index (χ3n) is 7.47. The minimum Gasteiger partial charge on any atom is -0.416 e. The largest absolute Gasteiger partial charge is 0.416 e. The Morgan fingerprint density at radius 1 is 0.844 bits per heavy atom. The lowest BCUT2D eigenvalue weighted by atomic mass is 9.89. The van der Waals surface area contributed by atoms with Crippen molar-refractivity contribution >= 4 is 8.32 Å². The van der Waals surface area contributed by atoms with Crippen LogP contribution >= 0.6 is 0 Å². The Morgan fingerprint density at radius 2 is 1.34 bits per heavy atom. The highest BCUT2D eigenvalue weighted by Gasteiger charge is 2.37. The highest BCUT2D eigenvalue weighted by Crippen LogP contribution is 2.36. The second kappa shape index (κ2) is 11.6. The second-order valence-corrected chi connectivity index (χ2v) is 15.8. The number of nitrogens with one attached hydrogen (secondary N) is 1. The Bertz CT molecular complexity index is 739. The van der Waals surface area contributed by atoms with Crippen LogP contribution in [0, 0.1) is 0 Å². The molecule has 0 atom stereocenters. The molecule has 1 aliphatic rings. The predicted molar refractivity (Wildman–Crippen MR) is 139 cm³/mol. The van der Waals surface area contributed by atoms with Crippen LogP contribution in [0.5, 0.6) is 0 Å². The first-order valence-electron chi connectivity index (χ1n) is 12.4. The van der Waals surface area contributed by atoms with Crippen molar-refractivity contribution in [2.75, 3.05) is 13.2 Å². The third kappa shape index (κ3) is 7.55. The summed E-state index contributed by atoms with van der Waals surface area (Å²) in [6.45, 7) is 15.5. The molecule has 1 aliphatic carbocycles. The van der Waals surface area contributed by atoms with Crippen molar-refractivity contribution in [3.63, 3.8) is 0 Å². The van der Waals surface area contributed by atoms with Crippen molar-refractivity contribution in [1.82, 2.24) is 10.2 Å². The molecule has 0 saturated heterocycles. The molecule has 0 aliphatic heterocycles. The molecule has 176 valence electrons. The van der Waals surface area contributed by atoms with Gasteiger partial charge >= 0.3 is 0 Å². The average Bonchev–Trinajstić information content (AvgIpc) is 2.77. The van der Waals surface area contributed by atoms with Crippen LogP contribution in [0.1, 0.15) is 57.6 Å². The second-order valence-electron chi connectivity index (χ2n) is 10.9. The Morgan fingerprint density at radius 3 is 1.81 bits per heavy atom. The van der Waals surface area contributed by atoms with Gasteiger partial charge in [0.2, 0.25) is 0 Å². The molecule has 0 radical (unpaired) electrons. The molecule has 0 bridgehead atoms. The maximum absolute atomic E-state index is 6.35. The number of hydrogen-bond acceptors (Lipinski definition) is 3. The molecule has 2 aromatic carbocycles. The van der Waals surface area contributed by atoms with E-state index in [1.54, 1.807) is 0 Å². The molecule has 0 spiro atoms. The van der Waals surface area contributed by atoms with E-state index in [9.17, 15) is 0 Å². The summed E-state index contributed by atoms with van der Waals surface area (Å²) in [5.41, 5.74) is 2.82. The summed E-state index contributed by atoms with van der Waals surface area (Å²) in [6, 6.07) is 23.1. The molecule has 3 rings (SSSR count). The maximum Gasteiger partial charge on any atom is 0.192 e. The van der Waals surface area contributed by atoms with Crippen molar-refractivity contribution in [3.05, 3.63) is 71.8 Å². The SMILES string of the molecule is CC(C)(C)[Si](C)(C)OCCNC1CCC(N(Cc2ccccc2)Cc2ccccc2)CC1. The van der Waals surface area contributed by atoms with Crippen molar-refractivity contribution < 1.29 is 4.43 Å². The third-order valence-corrected chi connectivity index (χ3v) is 12.0. The summed E-state index contributed by atoms with van der Waals surface area (Å²) in [6.07, 6.45) is 5.04. The summed E-state index contributed by atoms with van der Waals surface area (Å²) in [5, 5.41) is 4.07. The van der Waals surface area contributed by atoms with E-state index in [1.807, 2.05) is 0 Å². The number of rotatable bonds is 10. The highest BCUT2D eigenvalue weighted by molar-refractivity contribution is 6.74. The molecule has 2 aromatic rings. The van der Waals surface area contributed by atoms with Gasteiger partial charge in [-0.2, -0.15) is 0 Å². The zero-order chi connectivity index (χ0) is 23.0. The molecule has 0 aromatic heterocycles. The first-order chi connectivity index (χ1) is 15.2. The first kappa shape index (κ1) is 25.2. The van der Waals surface area contributed by atoms with Gasteiger partial charge in [0, 0.05) is 38.3 Å². The Balaban J connectivity index is 1.49. The fourth-order valence-corrected chi connectivity index (χ4v) is 5.43. The molecule has 4 heteroatoms. The number of nitrogens with zero attached hydrogens (tertiary/aromatic N) is 1. The first-order valence-corrected chi connectivity index (χ1v) is 15.3. The van der Waals surface area contributed by atoms with Gasteiger partial charge in [0.05, 0.1) is 0 Å². The normalized spacial score (nSPS) is 19.9. The van der Waals surface area contributed by atoms with Gasteiger partial charge in [-0.15, -0.1) is 0 Å². The molecule has 1 fully saturated rings. The summed E-state index contributed by atoms with van der Waals surface area (Å²) < 4.78 is 6.35. The molecule has 3 nitrogen and oxygen atoms in total. The minimum absolute atomic E-state index is 0.284.